The van der Waals surface area contributed by atoms with E-state index < -0.39 is 10.0 Å². The van der Waals surface area contributed by atoms with E-state index in [9.17, 15) is 8.42 Å². The zero-order valence-electron chi connectivity index (χ0n) is 10.6. The number of anilines is 1. The molecule has 0 aromatic heterocycles. The summed E-state index contributed by atoms with van der Waals surface area (Å²) in [7, 11) is -3.84. The normalized spacial score (nSPS) is 11.3. The van der Waals surface area contributed by atoms with Gasteiger partial charge < -0.3 is 10.5 Å². The van der Waals surface area contributed by atoms with Gasteiger partial charge in [0.1, 0.15) is 16.4 Å². The number of benzene rings is 2. The van der Waals surface area contributed by atoms with E-state index in [0.717, 1.165) is 5.56 Å². The van der Waals surface area contributed by atoms with Crippen molar-refractivity contribution in [3.63, 3.8) is 0 Å². The fraction of sp³-hybridized carbons (Fsp3) is 0.0769. The summed E-state index contributed by atoms with van der Waals surface area (Å²) in [5.41, 5.74) is 6.66. The first-order valence-corrected chi connectivity index (χ1v) is 7.56. The summed E-state index contributed by atoms with van der Waals surface area (Å²) in [6, 6.07) is 9.49. The van der Waals surface area contributed by atoms with Crippen LogP contribution in [0.3, 0.4) is 0 Å². The first-order valence-electron chi connectivity index (χ1n) is 5.64. The van der Waals surface area contributed by atoms with E-state index in [1.165, 1.54) is 18.2 Å². The molecule has 0 heterocycles. The van der Waals surface area contributed by atoms with Crippen molar-refractivity contribution in [2.75, 3.05) is 5.73 Å². The highest BCUT2D eigenvalue weighted by Crippen LogP contribution is 2.32. The van der Waals surface area contributed by atoms with Crippen LogP contribution >= 0.6 is 11.6 Å². The molecule has 4 N–H and O–H groups in total. The van der Waals surface area contributed by atoms with Crippen molar-refractivity contribution < 1.29 is 13.2 Å². The fourth-order valence-corrected chi connectivity index (χ4v) is 2.47. The molecule has 0 amide bonds. The van der Waals surface area contributed by atoms with Crippen molar-refractivity contribution in [2.24, 2.45) is 5.14 Å². The van der Waals surface area contributed by atoms with E-state index in [2.05, 4.69) is 0 Å². The molecule has 0 saturated carbocycles. The second-order valence-electron chi connectivity index (χ2n) is 4.28. The highest BCUT2D eigenvalue weighted by Gasteiger charge is 2.13. The van der Waals surface area contributed by atoms with Crippen LogP contribution in [-0.4, -0.2) is 8.42 Å². The van der Waals surface area contributed by atoms with E-state index in [4.69, 9.17) is 27.2 Å². The number of rotatable bonds is 3. The first kappa shape index (κ1) is 14.6. The van der Waals surface area contributed by atoms with Crippen LogP contribution in [0.4, 0.5) is 5.69 Å². The van der Waals surface area contributed by atoms with E-state index >= 15 is 0 Å². The van der Waals surface area contributed by atoms with E-state index in [1.54, 1.807) is 12.1 Å². The molecule has 2 aromatic rings. The number of sulfonamides is 1. The van der Waals surface area contributed by atoms with E-state index in [1.807, 2.05) is 13.0 Å². The molecule has 0 unspecified atom stereocenters. The maximum Gasteiger partial charge on any atom is 0.240 e. The first-order chi connectivity index (χ1) is 9.27. The van der Waals surface area contributed by atoms with E-state index in [0.29, 0.717) is 16.5 Å². The molecule has 0 spiro atoms. The van der Waals surface area contributed by atoms with Crippen LogP contribution in [0.5, 0.6) is 11.5 Å². The Morgan fingerprint density at radius 2 is 1.85 bits per heavy atom. The largest absolute Gasteiger partial charge is 0.456 e. The summed E-state index contributed by atoms with van der Waals surface area (Å²) in [6.45, 7) is 1.90. The number of aryl methyl sites for hydroxylation is 1. The van der Waals surface area contributed by atoms with Crippen molar-refractivity contribution in [2.45, 2.75) is 11.8 Å². The third-order valence-electron chi connectivity index (χ3n) is 2.60. The Morgan fingerprint density at radius 1 is 1.15 bits per heavy atom. The molecular weight excluding hydrogens is 300 g/mol. The van der Waals surface area contributed by atoms with Gasteiger partial charge in [-0.3, -0.25) is 0 Å². The van der Waals surface area contributed by atoms with Crippen LogP contribution in [0.25, 0.3) is 0 Å². The lowest BCUT2D eigenvalue weighted by Gasteiger charge is -2.10. The number of primary sulfonamides is 1. The third-order valence-corrected chi connectivity index (χ3v) is 3.90. The zero-order chi connectivity index (χ0) is 14.9. The number of hydrogen-bond donors (Lipinski definition) is 2. The summed E-state index contributed by atoms with van der Waals surface area (Å²) in [5, 5.41) is 5.48. The lowest BCUT2D eigenvalue weighted by Crippen LogP contribution is -2.14. The average molecular weight is 313 g/mol. The molecule has 2 aromatic carbocycles. The molecule has 0 aliphatic carbocycles. The van der Waals surface area contributed by atoms with Crippen LogP contribution in [-0.2, 0) is 10.0 Å². The van der Waals surface area contributed by atoms with Crippen molar-refractivity contribution in [1.82, 2.24) is 0 Å². The topological polar surface area (TPSA) is 95.4 Å². The molecule has 0 radical (unpaired) electrons. The van der Waals surface area contributed by atoms with Gasteiger partial charge in [-0.25, -0.2) is 13.6 Å². The minimum Gasteiger partial charge on any atom is -0.456 e. The van der Waals surface area contributed by atoms with Crippen molar-refractivity contribution in [1.29, 1.82) is 0 Å². The van der Waals surface area contributed by atoms with Crippen LogP contribution < -0.4 is 15.6 Å². The minimum absolute atomic E-state index is 0.0220. The quantitative estimate of drug-likeness (QED) is 0.852. The Morgan fingerprint density at radius 3 is 2.45 bits per heavy atom. The van der Waals surface area contributed by atoms with Crippen LogP contribution in [0, 0.1) is 6.92 Å². The van der Waals surface area contributed by atoms with Crippen LogP contribution in [0.15, 0.2) is 41.3 Å². The SMILES string of the molecule is Cc1ccc(Cl)c(Oc2ccc(S(N)(=O)=O)c(N)c2)c1. The van der Waals surface area contributed by atoms with Crippen LogP contribution in [0.1, 0.15) is 5.56 Å². The molecule has 0 aliphatic rings. The summed E-state index contributed by atoms with van der Waals surface area (Å²) in [5.74, 6) is 0.844. The summed E-state index contributed by atoms with van der Waals surface area (Å²) in [4.78, 5) is -0.139. The van der Waals surface area contributed by atoms with Gasteiger partial charge >= 0.3 is 0 Å². The highest BCUT2D eigenvalue weighted by atomic mass is 35.5. The minimum atomic E-state index is -3.84. The summed E-state index contributed by atoms with van der Waals surface area (Å²) >= 11 is 6.02. The fourth-order valence-electron chi connectivity index (χ4n) is 1.66. The Kier molecular flexibility index (Phi) is 3.89. The number of hydrogen-bond acceptors (Lipinski definition) is 4. The Hall–Kier alpha value is -1.76. The van der Waals surface area contributed by atoms with Gasteiger partial charge in [0.25, 0.3) is 0 Å². The molecule has 106 valence electrons. The number of ether oxygens (including phenoxy) is 1. The van der Waals surface area contributed by atoms with Crippen LogP contribution in [0.2, 0.25) is 5.02 Å². The molecular formula is C13H13ClN2O3S. The second-order valence-corrected chi connectivity index (χ2v) is 6.22. The van der Waals surface area contributed by atoms with Crippen molar-refractivity contribution >= 4 is 27.3 Å². The number of halogens is 1. The van der Waals surface area contributed by atoms with Gasteiger partial charge in [0.2, 0.25) is 10.0 Å². The molecule has 20 heavy (non-hydrogen) atoms. The monoisotopic (exact) mass is 312 g/mol. The molecule has 0 bridgehead atoms. The zero-order valence-corrected chi connectivity index (χ0v) is 12.2. The summed E-state index contributed by atoms with van der Waals surface area (Å²) in [6.07, 6.45) is 0. The van der Waals surface area contributed by atoms with Gasteiger partial charge in [-0.2, -0.15) is 0 Å². The Labute approximate surface area is 122 Å². The van der Waals surface area contributed by atoms with Crippen molar-refractivity contribution in [3.05, 3.63) is 47.0 Å². The van der Waals surface area contributed by atoms with Gasteiger partial charge in [0.15, 0.2) is 0 Å². The maximum atomic E-state index is 11.3. The standard InChI is InChI=1S/C13H13ClN2O3S/c1-8-2-4-10(14)12(6-8)19-9-3-5-13(11(15)7-9)20(16,17)18/h2-7H,15H2,1H3,(H2,16,17,18). The molecule has 0 fully saturated rings. The highest BCUT2D eigenvalue weighted by molar-refractivity contribution is 7.89. The summed E-state index contributed by atoms with van der Waals surface area (Å²) < 4.78 is 28.1. The average Bonchev–Trinajstić information content (AvgIpc) is 2.32. The maximum absolute atomic E-state index is 11.3. The number of nitrogens with two attached hydrogens (primary N) is 2. The van der Waals surface area contributed by atoms with Gasteiger partial charge in [-0.15, -0.1) is 0 Å². The predicted octanol–water partition coefficient (Wildman–Crippen LogP) is 2.67. The van der Waals surface area contributed by atoms with Gasteiger partial charge in [0.05, 0.1) is 10.7 Å². The Bertz CT molecular complexity index is 760. The lowest BCUT2D eigenvalue weighted by atomic mass is 10.2. The number of nitrogen functional groups attached to an aromatic ring is 1. The molecule has 0 atom stereocenters. The Balaban J connectivity index is 2.36. The predicted molar refractivity (Wildman–Crippen MR) is 78.5 cm³/mol. The van der Waals surface area contributed by atoms with E-state index in [-0.39, 0.29) is 10.6 Å². The van der Waals surface area contributed by atoms with Crippen molar-refractivity contribution in [3.8, 4) is 11.5 Å². The van der Waals surface area contributed by atoms with Gasteiger partial charge in [-0.1, -0.05) is 17.7 Å². The van der Waals surface area contributed by atoms with Gasteiger partial charge in [0, 0.05) is 6.07 Å². The third kappa shape index (κ3) is 3.22. The van der Waals surface area contributed by atoms with Gasteiger partial charge in [-0.05, 0) is 36.8 Å². The second kappa shape index (κ2) is 5.32. The smallest absolute Gasteiger partial charge is 0.240 e. The molecule has 0 aliphatic heterocycles. The molecule has 5 nitrogen and oxygen atoms in total. The lowest BCUT2D eigenvalue weighted by molar-refractivity contribution is 0.482. The molecule has 7 heteroatoms. The molecule has 0 saturated heterocycles. The molecule has 2 rings (SSSR count).